The number of hydrogen-bond donors (Lipinski definition) is 3. The number of H-pyrrole nitrogens is 1. The smallest absolute Gasteiger partial charge is 0.329 e. The van der Waals surface area contributed by atoms with Gasteiger partial charge < -0.3 is 20.4 Å². The first kappa shape index (κ1) is 21.9. The van der Waals surface area contributed by atoms with E-state index >= 15 is 0 Å². The third-order valence-corrected chi connectivity index (χ3v) is 4.65. The Bertz CT molecular complexity index is 1090. The highest BCUT2D eigenvalue weighted by Crippen LogP contribution is 2.15. The highest BCUT2D eigenvalue weighted by atomic mass is 16.5. The summed E-state index contributed by atoms with van der Waals surface area (Å²) in [4.78, 5) is 52.5. The molecule has 0 fully saturated rings. The van der Waals surface area contributed by atoms with Crippen LogP contribution in [0.5, 0.6) is 0 Å². The van der Waals surface area contributed by atoms with Gasteiger partial charge in [-0.05, 0) is 31.9 Å². The van der Waals surface area contributed by atoms with Crippen molar-refractivity contribution >= 4 is 34.8 Å². The van der Waals surface area contributed by atoms with Gasteiger partial charge in [-0.3, -0.25) is 9.59 Å². The van der Waals surface area contributed by atoms with Crippen molar-refractivity contribution in [1.29, 1.82) is 0 Å². The molecule has 10 heteroatoms. The first-order chi connectivity index (χ1) is 14.8. The first-order valence-corrected chi connectivity index (χ1v) is 9.79. The van der Waals surface area contributed by atoms with Crippen LogP contribution >= 0.6 is 0 Å². The number of nitrogens with one attached hydrogen (secondary N) is 3. The lowest BCUT2D eigenvalue weighted by Crippen LogP contribution is -2.47. The molecule has 3 N–H and O–H groups in total. The number of anilines is 1. The molecule has 1 unspecified atom stereocenters. The number of ether oxygens (including phenoxy) is 1. The number of aromatic amines is 1. The Balaban J connectivity index is 1.64. The van der Waals surface area contributed by atoms with Crippen LogP contribution in [0.4, 0.5) is 5.82 Å². The number of carbonyl (C=O) groups excluding carboxylic acids is 3. The van der Waals surface area contributed by atoms with E-state index in [9.17, 15) is 14.4 Å². The summed E-state index contributed by atoms with van der Waals surface area (Å²) in [7, 11) is 0. The Hall–Kier alpha value is -3.82. The molecular weight excluding hydrogens is 400 g/mol. The van der Waals surface area contributed by atoms with Gasteiger partial charge in [0, 0.05) is 5.56 Å². The number of amides is 2. The first-order valence-electron chi connectivity index (χ1n) is 9.79. The van der Waals surface area contributed by atoms with E-state index in [2.05, 4.69) is 30.6 Å². The average molecular weight is 424 g/mol. The maximum Gasteiger partial charge on any atom is 0.329 e. The zero-order chi connectivity index (χ0) is 22.5. The number of rotatable bonds is 7. The molecule has 0 saturated heterocycles. The van der Waals surface area contributed by atoms with Crippen LogP contribution in [0.25, 0.3) is 11.2 Å². The van der Waals surface area contributed by atoms with Gasteiger partial charge in [-0.1, -0.05) is 31.5 Å². The second kappa shape index (κ2) is 9.33. The molecule has 1 aromatic carbocycles. The fourth-order valence-electron chi connectivity index (χ4n) is 2.81. The van der Waals surface area contributed by atoms with E-state index in [1.165, 1.54) is 19.6 Å². The lowest BCUT2D eigenvalue weighted by molar-refractivity contribution is -0.156. The predicted octanol–water partition coefficient (Wildman–Crippen LogP) is 1.99. The molecule has 0 saturated carbocycles. The minimum absolute atomic E-state index is 0.225. The maximum atomic E-state index is 12.7. The second-order valence-electron chi connectivity index (χ2n) is 7.45. The standard InChI is InChI=1S/C21H24N6O4/c1-11(2)15(26-20(29)14-7-5-12(3)6-8-14)21(30)31-13(4)19(28)27-18-16-17(23-9-22-16)24-10-25-18/h5-11,13,15H,1-4H3,(H,26,29)(H2,22,23,24,25,27,28)/t13?,15-/m0/s1. The normalized spacial score (nSPS) is 12.9. The molecule has 2 aromatic heterocycles. The number of hydrogen-bond acceptors (Lipinski definition) is 7. The van der Waals surface area contributed by atoms with E-state index in [-0.39, 0.29) is 11.7 Å². The summed E-state index contributed by atoms with van der Waals surface area (Å²) >= 11 is 0. The quantitative estimate of drug-likeness (QED) is 0.493. The molecule has 10 nitrogen and oxygen atoms in total. The molecule has 2 atom stereocenters. The number of aromatic nitrogens is 4. The minimum Gasteiger partial charge on any atom is -0.451 e. The van der Waals surface area contributed by atoms with Crippen molar-refractivity contribution in [2.24, 2.45) is 5.92 Å². The van der Waals surface area contributed by atoms with Gasteiger partial charge in [0.1, 0.15) is 17.9 Å². The van der Waals surface area contributed by atoms with Crippen LogP contribution in [0, 0.1) is 12.8 Å². The van der Waals surface area contributed by atoms with Gasteiger partial charge in [-0.2, -0.15) is 0 Å². The summed E-state index contributed by atoms with van der Waals surface area (Å²) in [6, 6.07) is 6.08. The van der Waals surface area contributed by atoms with E-state index in [0.717, 1.165) is 5.56 Å². The maximum absolute atomic E-state index is 12.7. The molecule has 3 rings (SSSR count). The molecule has 162 valence electrons. The Morgan fingerprint density at radius 1 is 1.03 bits per heavy atom. The molecule has 2 amide bonds. The average Bonchev–Trinajstić information content (AvgIpc) is 3.21. The topological polar surface area (TPSA) is 139 Å². The predicted molar refractivity (Wildman–Crippen MR) is 113 cm³/mol. The zero-order valence-electron chi connectivity index (χ0n) is 17.7. The van der Waals surface area contributed by atoms with Gasteiger partial charge in [0.2, 0.25) is 0 Å². The lowest BCUT2D eigenvalue weighted by Gasteiger charge is -2.23. The number of nitrogens with zero attached hydrogens (tertiary/aromatic N) is 3. The van der Waals surface area contributed by atoms with Crippen molar-refractivity contribution in [2.75, 3.05) is 5.32 Å². The van der Waals surface area contributed by atoms with Gasteiger partial charge in [-0.25, -0.2) is 19.7 Å². The Morgan fingerprint density at radius 2 is 1.74 bits per heavy atom. The van der Waals surface area contributed by atoms with E-state index < -0.39 is 29.9 Å². The largest absolute Gasteiger partial charge is 0.451 e. The molecule has 0 radical (unpaired) electrons. The fraction of sp³-hybridized carbons (Fsp3) is 0.333. The summed E-state index contributed by atoms with van der Waals surface area (Å²) in [5.74, 6) is -1.69. The van der Waals surface area contributed by atoms with Gasteiger partial charge in [0.25, 0.3) is 11.8 Å². The number of benzene rings is 1. The van der Waals surface area contributed by atoms with Crippen molar-refractivity contribution in [3.05, 3.63) is 48.0 Å². The summed E-state index contributed by atoms with van der Waals surface area (Å²) in [6.07, 6.45) is 1.59. The van der Waals surface area contributed by atoms with E-state index in [1.807, 2.05) is 19.1 Å². The third kappa shape index (κ3) is 5.21. The van der Waals surface area contributed by atoms with Crippen LogP contribution in [0.2, 0.25) is 0 Å². The molecule has 3 aromatic rings. The van der Waals surface area contributed by atoms with Crippen molar-refractivity contribution in [3.8, 4) is 0 Å². The summed E-state index contributed by atoms with van der Waals surface area (Å²) in [5, 5.41) is 5.28. The van der Waals surface area contributed by atoms with Crippen LogP contribution < -0.4 is 10.6 Å². The Kier molecular flexibility index (Phi) is 6.58. The van der Waals surface area contributed by atoms with E-state index in [4.69, 9.17) is 4.74 Å². The molecule has 31 heavy (non-hydrogen) atoms. The van der Waals surface area contributed by atoms with Gasteiger partial charge >= 0.3 is 5.97 Å². The van der Waals surface area contributed by atoms with Crippen molar-refractivity contribution in [3.63, 3.8) is 0 Å². The summed E-state index contributed by atoms with van der Waals surface area (Å²) in [5.41, 5.74) is 2.31. The Morgan fingerprint density at radius 3 is 2.42 bits per heavy atom. The number of fused-ring (bicyclic) bond motifs is 1. The molecule has 0 aliphatic carbocycles. The summed E-state index contributed by atoms with van der Waals surface area (Å²) in [6.45, 7) is 6.92. The molecule has 2 heterocycles. The Labute approximate surface area is 178 Å². The van der Waals surface area contributed by atoms with Crippen LogP contribution in [-0.4, -0.2) is 49.9 Å². The lowest BCUT2D eigenvalue weighted by atomic mass is 10.0. The zero-order valence-corrected chi connectivity index (χ0v) is 17.7. The SMILES string of the molecule is Cc1ccc(C(=O)N[C@H](C(=O)OC(C)C(=O)Nc2ncnc3nc[nH]c23)C(C)C)cc1. The van der Waals surface area contributed by atoms with E-state index in [0.29, 0.717) is 16.7 Å². The van der Waals surface area contributed by atoms with Crippen LogP contribution in [-0.2, 0) is 14.3 Å². The van der Waals surface area contributed by atoms with Crippen molar-refractivity contribution in [1.82, 2.24) is 25.3 Å². The molecule has 0 aliphatic rings. The van der Waals surface area contributed by atoms with Crippen LogP contribution in [0.15, 0.2) is 36.9 Å². The monoisotopic (exact) mass is 424 g/mol. The van der Waals surface area contributed by atoms with E-state index in [1.54, 1.807) is 26.0 Å². The number of imidazole rings is 1. The number of esters is 1. The summed E-state index contributed by atoms with van der Waals surface area (Å²) < 4.78 is 5.32. The third-order valence-electron chi connectivity index (χ3n) is 4.65. The second-order valence-corrected chi connectivity index (χ2v) is 7.45. The molecule has 0 bridgehead atoms. The fourth-order valence-corrected chi connectivity index (χ4v) is 2.81. The van der Waals surface area contributed by atoms with Crippen LogP contribution in [0.1, 0.15) is 36.7 Å². The molecule has 0 aliphatic heterocycles. The molecular formula is C21H24N6O4. The minimum atomic E-state index is -1.11. The highest BCUT2D eigenvalue weighted by molar-refractivity contribution is 6.00. The van der Waals surface area contributed by atoms with Gasteiger partial charge in [0.05, 0.1) is 6.33 Å². The van der Waals surface area contributed by atoms with Crippen molar-refractivity contribution < 1.29 is 19.1 Å². The molecule has 0 spiro atoms. The van der Waals surface area contributed by atoms with Crippen LogP contribution in [0.3, 0.4) is 0 Å². The van der Waals surface area contributed by atoms with Crippen molar-refractivity contribution in [2.45, 2.75) is 39.8 Å². The highest BCUT2D eigenvalue weighted by Gasteiger charge is 2.29. The van der Waals surface area contributed by atoms with Gasteiger partial charge in [-0.15, -0.1) is 0 Å². The number of aryl methyl sites for hydroxylation is 1. The van der Waals surface area contributed by atoms with Gasteiger partial charge in [0.15, 0.2) is 17.6 Å². The number of carbonyl (C=O) groups is 3.